The van der Waals surface area contributed by atoms with Gasteiger partial charge in [-0.05, 0) is 32.3 Å². The van der Waals surface area contributed by atoms with Crippen molar-refractivity contribution >= 4 is 22.8 Å². The predicted molar refractivity (Wildman–Crippen MR) is 95.8 cm³/mol. The van der Waals surface area contributed by atoms with Crippen LogP contribution >= 0.6 is 0 Å². The number of H-pyrrole nitrogens is 1. The zero-order chi connectivity index (χ0) is 18.2. The summed E-state index contributed by atoms with van der Waals surface area (Å²) in [6.45, 7) is 6.85. The first kappa shape index (κ1) is 17.2. The highest BCUT2D eigenvalue weighted by Gasteiger charge is 2.38. The number of carbonyl (C=O) groups excluding carboxylic acids is 1. The van der Waals surface area contributed by atoms with Gasteiger partial charge >= 0.3 is 0 Å². The molecular weight excluding hydrogens is 316 g/mol. The van der Waals surface area contributed by atoms with E-state index < -0.39 is 5.41 Å². The van der Waals surface area contributed by atoms with Gasteiger partial charge in [0, 0.05) is 26.3 Å². The molecule has 1 amide bonds. The van der Waals surface area contributed by atoms with E-state index in [0.717, 1.165) is 23.3 Å². The van der Waals surface area contributed by atoms with E-state index in [1.165, 1.54) is 0 Å². The average Bonchev–Trinajstić information content (AvgIpc) is 3.09. The third-order valence-corrected chi connectivity index (χ3v) is 5.18. The van der Waals surface area contributed by atoms with E-state index in [-0.39, 0.29) is 11.9 Å². The smallest absolute Gasteiger partial charge is 0.242 e. The topological polar surface area (TPSA) is 88.9 Å². The first-order valence-corrected chi connectivity index (χ1v) is 8.56. The van der Waals surface area contributed by atoms with Gasteiger partial charge in [-0.2, -0.15) is 5.26 Å². The summed E-state index contributed by atoms with van der Waals surface area (Å²) < 4.78 is 0. The Morgan fingerprint density at radius 2 is 2.24 bits per heavy atom. The highest BCUT2D eigenvalue weighted by molar-refractivity contribution is 5.87. The Kier molecular flexibility index (Phi) is 4.38. The maximum absolute atomic E-state index is 12.7. The highest BCUT2D eigenvalue weighted by atomic mass is 16.2. The molecule has 1 aliphatic heterocycles. The third-order valence-electron chi connectivity index (χ3n) is 5.18. The van der Waals surface area contributed by atoms with E-state index in [0.29, 0.717) is 19.0 Å². The molecule has 2 aromatic rings. The van der Waals surface area contributed by atoms with Gasteiger partial charge in [0.15, 0.2) is 0 Å². The van der Waals surface area contributed by atoms with Crippen LogP contribution in [0.5, 0.6) is 0 Å². The summed E-state index contributed by atoms with van der Waals surface area (Å²) >= 11 is 0. The van der Waals surface area contributed by atoms with E-state index in [1.807, 2.05) is 24.2 Å². The number of hydrogen-bond donors (Lipinski definition) is 1. The van der Waals surface area contributed by atoms with Crippen molar-refractivity contribution in [2.24, 2.45) is 11.3 Å². The predicted octanol–water partition coefficient (Wildman–Crippen LogP) is 2.18. The lowest BCUT2D eigenvalue weighted by Crippen LogP contribution is -2.55. The maximum Gasteiger partial charge on any atom is 0.242 e. The number of fused-ring (bicyclic) bond motifs is 1. The fourth-order valence-corrected chi connectivity index (χ4v) is 3.48. The van der Waals surface area contributed by atoms with Crippen LogP contribution in [0.15, 0.2) is 18.6 Å². The normalized spacial score (nSPS) is 21.2. The van der Waals surface area contributed by atoms with Gasteiger partial charge in [0.25, 0.3) is 0 Å². The summed E-state index contributed by atoms with van der Waals surface area (Å²) in [5.74, 6) is 1.18. The number of hydrogen-bond acceptors (Lipinski definition) is 5. The van der Waals surface area contributed by atoms with Crippen molar-refractivity contribution in [1.29, 1.82) is 5.26 Å². The lowest BCUT2D eigenvalue weighted by molar-refractivity contribution is -0.139. The van der Waals surface area contributed by atoms with Gasteiger partial charge in [-0.25, -0.2) is 9.97 Å². The molecule has 132 valence electrons. The first-order valence-electron chi connectivity index (χ1n) is 8.56. The Morgan fingerprint density at radius 3 is 2.96 bits per heavy atom. The Labute approximate surface area is 147 Å². The highest BCUT2D eigenvalue weighted by Crippen LogP contribution is 2.30. The molecule has 0 bridgehead atoms. The van der Waals surface area contributed by atoms with Crippen LogP contribution in [0.4, 0.5) is 5.82 Å². The molecule has 3 heterocycles. The van der Waals surface area contributed by atoms with Crippen LogP contribution in [-0.4, -0.2) is 51.9 Å². The monoisotopic (exact) mass is 340 g/mol. The molecule has 2 atom stereocenters. The van der Waals surface area contributed by atoms with Gasteiger partial charge in [0.1, 0.15) is 23.2 Å². The molecule has 7 nitrogen and oxygen atoms in total. The van der Waals surface area contributed by atoms with Crippen LogP contribution < -0.4 is 4.90 Å². The second-order valence-corrected chi connectivity index (χ2v) is 7.37. The van der Waals surface area contributed by atoms with Crippen molar-refractivity contribution in [2.45, 2.75) is 33.2 Å². The van der Waals surface area contributed by atoms with Crippen LogP contribution in [0.3, 0.4) is 0 Å². The molecule has 7 heteroatoms. The molecule has 0 unspecified atom stereocenters. The summed E-state index contributed by atoms with van der Waals surface area (Å²) in [5.41, 5.74) is -0.189. The number of likely N-dealkylation sites (tertiary alicyclic amines) is 1. The summed E-state index contributed by atoms with van der Waals surface area (Å²) in [7, 11) is 2.01. The van der Waals surface area contributed by atoms with Crippen molar-refractivity contribution in [2.75, 3.05) is 25.0 Å². The van der Waals surface area contributed by atoms with Crippen molar-refractivity contribution in [3.05, 3.63) is 18.6 Å². The van der Waals surface area contributed by atoms with Crippen LogP contribution in [0, 0.1) is 22.7 Å². The molecular formula is C18H24N6O. The second kappa shape index (κ2) is 6.36. The molecule has 0 aromatic carbocycles. The van der Waals surface area contributed by atoms with Crippen molar-refractivity contribution in [3.8, 4) is 6.07 Å². The number of nitrogens with zero attached hydrogens (tertiary/aromatic N) is 5. The number of piperidine rings is 1. The average molecular weight is 340 g/mol. The molecule has 0 saturated carbocycles. The SMILES string of the molecule is C[C@@H]1CCN(C(=O)C(C)(C)C#N)C[C@H]1N(C)c1ncnc2[nH]ccc12. The molecule has 0 spiro atoms. The van der Waals surface area contributed by atoms with E-state index >= 15 is 0 Å². The van der Waals surface area contributed by atoms with Crippen LogP contribution in [0.25, 0.3) is 11.0 Å². The Morgan fingerprint density at radius 1 is 1.48 bits per heavy atom. The number of aromatic nitrogens is 3. The fraction of sp³-hybridized carbons (Fsp3) is 0.556. The Hall–Kier alpha value is -2.62. The van der Waals surface area contributed by atoms with Gasteiger partial charge in [-0.15, -0.1) is 0 Å². The van der Waals surface area contributed by atoms with Crippen LogP contribution in [-0.2, 0) is 4.79 Å². The van der Waals surface area contributed by atoms with E-state index in [4.69, 9.17) is 0 Å². The van der Waals surface area contributed by atoms with Crippen molar-refractivity contribution < 1.29 is 4.79 Å². The summed E-state index contributed by atoms with van der Waals surface area (Å²) in [4.78, 5) is 28.5. The molecule has 0 aliphatic carbocycles. The second-order valence-electron chi connectivity index (χ2n) is 7.37. The van der Waals surface area contributed by atoms with E-state index in [1.54, 1.807) is 20.2 Å². The largest absolute Gasteiger partial charge is 0.354 e. The molecule has 2 aromatic heterocycles. The van der Waals surface area contributed by atoms with Crippen LogP contribution in [0.2, 0.25) is 0 Å². The molecule has 1 aliphatic rings. The molecule has 1 saturated heterocycles. The number of anilines is 1. The van der Waals surface area contributed by atoms with E-state index in [9.17, 15) is 10.1 Å². The minimum Gasteiger partial charge on any atom is -0.354 e. The maximum atomic E-state index is 12.7. The number of likely N-dealkylation sites (N-methyl/N-ethyl adjacent to an activating group) is 1. The standard InChI is InChI=1S/C18H24N6O/c1-12-6-8-24(17(25)18(2,3)10-19)9-14(12)23(4)16-13-5-7-20-15(13)21-11-22-16/h5,7,11-12,14H,6,8-9H2,1-4H3,(H,20,21,22)/t12-,14-/m1/s1. The lowest BCUT2D eigenvalue weighted by atomic mass is 9.88. The van der Waals surface area contributed by atoms with Crippen LogP contribution in [0.1, 0.15) is 27.2 Å². The van der Waals surface area contributed by atoms with Gasteiger partial charge in [-0.3, -0.25) is 4.79 Å². The number of carbonyl (C=O) groups is 1. The molecule has 0 radical (unpaired) electrons. The molecule has 3 rings (SSSR count). The molecule has 25 heavy (non-hydrogen) atoms. The summed E-state index contributed by atoms with van der Waals surface area (Å²) in [6, 6.07) is 4.22. The Balaban J connectivity index is 1.86. The van der Waals surface area contributed by atoms with Gasteiger partial charge in [-0.1, -0.05) is 6.92 Å². The zero-order valence-corrected chi connectivity index (χ0v) is 15.2. The Bertz CT molecular complexity index is 820. The van der Waals surface area contributed by atoms with Gasteiger partial charge in [0.05, 0.1) is 17.5 Å². The number of rotatable bonds is 3. The fourth-order valence-electron chi connectivity index (χ4n) is 3.48. The quantitative estimate of drug-likeness (QED) is 0.925. The number of aromatic amines is 1. The van der Waals surface area contributed by atoms with Gasteiger partial charge < -0.3 is 14.8 Å². The zero-order valence-electron chi connectivity index (χ0n) is 15.2. The molecule has 1 N–H and O–H groups in total. The molecule has 1 fully saturated rings. The summed E-state index contributed by atoms with van der Waals surface area (Å²) in [6.07, 6.45) is 4.32. The number of nitriles is 1. The lowest BCUT2D eigenvalue weighted by Gasteiger charge is -2.43. The number of nitrogens with one attached hydrogen (secondary N) is 1. The third kappa shape index (κ3) is 3.04. The minimum atomic E-state index is -0.994. The van der Waals surface area contributed by atoms with Crippen molar-refractivity contribution in [1.82, 2.24) is 19.9 Å². The van der Waals surface area contributed by atoms with E-state index in [2.05, 4.69) is 32.8 Å². The van der Waals surface area contributed by atoms with Gasteiger partial charge in [0.2, 0.25) is 5.91 Å². The number of amides is 1. The van der Waals surface area contributed by atoms with Crippen molar-refractivity contribution in [3.63, 3.8) is 0 Å². The summed E-state index contributed by atoms with van der Waals surface area (Å²) in [5, 5.41) is 10.2. The minimum absolute atomic E-state index is 0.102. The first-order chi connectivity index (χ1) is 11.8.